The third-order valence-electron chi connectivity index (χ3n) is 2.75. The molecular weight excluding hydrogens is 168 g/mol. The third-order valence-corrected chi connectivity index (χ3v) is 2.75. The van der Waals surface area contributed by atoms with Gasteiger partial charge in [0.2, 0.25) is 0 Å². The molecule has 0 aliphatic heterocycles. The van der Waals surface area contributed by atoms with Gasteiger partial charge in [0.15, 0.2) is 0 Å². The molecule has 0 atom stereocenters. The average molecular weight is 190 g/mol. The van der Waals surface area contributed by atoms with Gasteiger partial charge in [-0.2, -0.15) is 0 Å². The number of aryl methyl sites for hydroxylation is 2. The van der Waals surface area contributed by atoms with E-state index in [9.17, 15) is 0 Å². The van der Waals surface area contributed by atoms with Crippen molar-refractivity contribution >= 4 is 0 Å². The van der Waals surface area contributed by atoms with Crippen LogP contribution in [0, 0.1) is 0 Å². The Bertz CT molecular complexity index is 280. The van der Waals surface area contributed by atoms with Crippen molar-refractivity contribution in [3.8, 4) is 0 Å². The van der Waals surface area contributed by atoms with Crippen molar-refractivity contribution in [3.63, 3.8) is 0 Å². The second-order valence-corrected chi connectivity index (χ2v) is 4.91. The Morgan fingerprint density at radius 3 is 1.64 bits per heavy atom. The Labute approximate surface area is 88.4 Å². The molecule has 0 N–H and O–H groups in total. The normalized spacial score (nSPS) is 11.8. The second kappa shape index (κ2) is 4.16. The van der Waals surface area contributed by atoms with Crippen LogP contribution in [0.3, 0.4) is 0 Å². The van der Waals surface area contributed by atoms with Crippen molar-refractivity contribution in [2.75, 3.05) is 0 Å². The van der Waals surface area contributed by atoms with Crippen LogP contribution in [0.4, 0.5) is 0 Å². The molecular formula is C14H22. The summed E-state index contributed by atoms with van der Waals surface area (Å²) in [5, 5.41) is 0. The van der Waals surface area contributed by atoms with E-state index in [1.54, 1.807) is 5.56 Å². The maximum Gasteiger partial charge on any atom is -0.0126 e. The molecule has 0 fully saturated rings. The van der Waals surface area contributed by atoms with Gasteiger partial charge >= 0.3 is 0 Å². The highest BCUT2D eigenvalue weighted by Gasteiger charge is 2.19. The summed E-state index contributed by atoms with van der Waals surface area (Å²) in [5.41, 5.74) is 4.86. The van der Waals surface area contributed by atoms with Crippen LogP contribution in [0.15, 0.2) is 18.2 Å². The number of hydrogen-bond donors (Lipinski definition) is 0. The topological polar surface area (TPSA) is 0 Å². The molecule has 0 amide bonds. The predicted octanol–water partition coefficient (Wildman–Crippen LogP) is 4.11. The largest absolute Gasteiger partial charge is 0.0617 e. The molecule has 0 saturated heterocycles. The van der Waals surface area contributed by atoms with Crippen LogP contribution in [0.1, 0.15) is 51.3 Å². The lowest BCUT2D eigenvalue weighted by Gasteiger charge is -2.26. The lowest BCUT2D eigenvalue weighted by Crippen LogP contribution is -2.16. The zero-order valence-electron chi connectivity index (χ0n) is 10.1. The zero-order valence-corrected chi connectivity index (χ0v) is 10.1. The van der Waals surface area contributed by atoms with E-state index < -0.39 is 0 Å². The minimum Gasteiger partial charge on any atom is -0.0617 e. The van der Waals surface area contributed by atoms with E-state index in [4.69, 9.17) is 0 Å². The summed E-state index contributed by atoms with van der Waals surface area (Å²) < 4.78 is 0. The van der Waals surface area contributed by atoms with E-state index in [0.29, 0.717) is 0 Å². The Morgan fingerprint density at radius 2 is 1.36 bits per heavy atom. The molecule has 0 aromatic heterocycles. The lowest BCUT2D eigenvalue weighted by atomic mass is 9.79. The van der Waals surface area contributed by atoms with Gasteiger partial charge in [-0.3, -0.25) is 0 Å². The third kappa shape index (κ3) is 2.17. The maximum absolute atomic E-state index is 2.31. The molecule has 0 unspecified atom stereocenters. The first-order valence-corrected chi connectivity index (χ1v) is 5.62. The van der Waals surface area contributed by atoms with E-state index in [1.165, 1.54) is 11.1 Å². The predicted molar refractivity (Wildman–Crippen MR) is 63.9 cm³/mol. The van der Waals surface area contributed by atoms with E-state index >= 15 is 0 Å². The maximum atomic E-state index is 2.31. The first-order valence-electron chi connectivity index (χ1n) is 5.62. The molecule has 78 valence electrons. The molecule has 1 aromatic carbocycles. The second-order valence-electron chi connectivity index (χ2n) is 4.91. The standard InChI is InChI=1S/C14H22/c1-6-11-9-8-10-12(7-2)13(11)14(3,4)5/h8-10H,6-7H2,1-5H3. The molecule has 0 heterocycles. The molecule has 0 bridgehead atoms. The van der Waals surface area contributed by atoms with E-state index in [-0.39, 0.29) is 5.41 Å². The minimum absolute atomic E-state index is 0.276. The van der Waals surface area contributed by atoms with Crippen LogP contribution in [-0.2, 0) is 18.3 Å². The first kappa shape index (κ1) is 11.3. The van der Waals surface area contributed by atoms with E-state index in [0.717, 1.165) is 12.8 Å². The van der Waals surface area contributed by atoms with Crippen LogP contribution in [0.2, 0.25) is 0 Å². The van der Waals surface area contributed by atoms with Gasteiger partial charge in [0, 0.05) is 0 Å². The van der Waals surface area contributed by atoms with Crippen LogP contribution < -0.4 is 0 Å². The number of rotatable bonds is 2. The molecule has 0 spiro atoms. The van der Waals surface area contributed by atoms with Gasteiger partial charge < -0.3 is 0 Å². The highest BCUT2D eigenvalue weighted by Crippen LogP contribution is 2.30. The molecule has 1 aromatic rings. The van der Waals surface area contributed by atoms with Gasteiger partial charge in [0.25, 0.3) is 0 Å². The quantitative estimate of drug-likeness (QED) is 0.658. The Kier molecular flexibility index (Phi) is 3.36. The van der Waals surface area contributed by atoms with Crippen molar-refractivity contribution in [1.29, 1.82) is 0 Å². The van der Waals surface area contributed by atoms with Crippen molar-refractivity contribution < 1.29 is 0 Å². The highest BCUT2D eigenvalue weighted by atomic mass is 14.2. The van der Waals surface area contributed by atoms with Crippen molar-refractivity contribution in [3.05, 3.63) is 34.9 Å². The van der Waals surface area contributed by atoms with Crippen molar-refractivity contribution in [2.24, 2.45) is 0 Å². The van der Waals surface area contributed by atoms with Crippen LogP contribution in [0.5, 0.6) is 0 Å². The molecule has 0 aliphatic rings. The van der Waals surface area contributed by atoms with Gasteiger partial charge in [-0.05, 0) is 34.9 Å². The average Bonchev–Trinajstić information content (AvgIpc) is 2.15. The monoisotopic (exact) mass is 190 g/mol. The summed E-state index contributed by atoms with van der Waals surface area (Å²) in [6.07, 6.45) is 2.28. The van der Waals surface area contributed by atoms with Gasteiger partial charge in [-0.15, -0.1) is 0 Å². The molecule has 1 rings (SSSR count). The number of benzene rings is 1. The Morgan fingerprint density at radius 1 is 0.929 bits per heavy atom. The zero-order chi connectivity index (χ0) is 10.8. The highest BCUT2D eigenvalue weighted by molar-refractivity contribution is 5.40. The van der Waals surface area contributed by atoms with Gasteiger partial charge in [-0.25, -0.2) is 0 Å². The van der Waals surface area contributed by atoms with Crippen molar-refractivity contribution in [2.45, 2.75) is 52.9 Å². The van der Waals surface area contributed by atoms with Gasteiger partial charge in [-0.1, -0.05) is 52.8 Å². The van der Waals surface area contributed by atoms with Gasteiger partial charge in [0.1, 0.15) is 0 Å². The fourth-order valence-electron chi connectivity index (χ4n) is 2.21. The summed E-state index contributed by atoms with van der Waals surface area (Å²) in [6, 6.07) is 6.71. The summed E-state index contributed by atoms with van der Waals surface area (Å²) in [5.74, 6) is 0. The minimum atomic E-state index is 0.276. The molecule has 0 aliphatic carbocycles. The fourth-order valence-corrected chi connectivity index (χ4v) is 2.21. The summed E-state index contributed by atoms with van der Waals surface area (Å²) in [7, 11) is 0. The molecule has 0 nitrogen and oxygen atoms in total. The Balaban J connectivity index is 3.34. The van der Waals surface area contributed by atoms with Crippen LogP contribution in [0.25, 0.3) is 0 Å². The van der Waals surface area contributed by atoms with E-state index in [2.05, 4.69) is 52.8 Å². The van der Waals surface area contributed by atoms with Crippen LogP contribution >= 0.6 is 0 Å². The van der Waals surface area contributed by atoms with Gasteiger partial charge in [0.05, 0.1) is 0 Å². The van der Waals surface area contributed by atoms with E-state index in [1.807, 2.05) is 0 Å². The van der Waals surface area contributed by atoms with Crippen molar-refractivity contribution in [1.82, 2.24) is 0 Å². The SMILES string of the molecule is CCc1cccc(CC)c1C(C)(C)C. The molecule has 0 heteroatoms. The first-order chi connectivity index (χ1) is 6.50. The lowest BCUT2D eigenvalue weighted by molar-refractivity contribution is 0.576. The summed E-state index contributed by atoms with van der Waals surface area (Å²) in [4.78, 5) is 0. The number of hydrogen-bond acceptors (Lipinski definition) is 0. The molecule has 14 heavy (non-hydrogen) atoms. The Hall–Kier alpha value is -0.780. The summed E-state index contributed by atoms with van der Waals surface area (Å²) in [6.45, 7) is 11.4. The molecule has 0 saturated carbocycles. The van der Waals surface area contributed by atoms with Crippen LogP contribution in [-0.4, -0.2) is 0 Å². The summed E-state index contributed by atoms with van der Waals surface area (Å²) >= 11 is 0. The molecule has 0 radical (unpaired) electrons. The smallest absolute Gasteiger partial charge is 0.0126 e. The fraction of sp³-hybridized carbons (Fsp3) is 0.571.